The van der Waals surface area contributed by atoms with Crippen molar-refractivity contribution in [2.24, 2.45) is 5.41 Å². The summed E-state index contributed by atoms with van der Waals surface area (Å²) < 4.78 is 0. The number of anilines is 1. The topological polar surface area (TPSA) is 52.6 Å². The fourth-order valence-corrected chi connectivity index (χ4v) is 4.35. The van der Waals surface area contributed by atoms with Gasteiger partial charge in [0.2, 0.25) is 5.91 Å². The van der Waals surface area contributed by atoms with Gasteiger partial charge < -0.3 is 15.1 Å². The summed E-state index contributed by atoms with van der Waals surface area (Å²) in [5, 5.41) is 3.06. The molecule has 3 amide bonds. The summed E-state index contributed by atoms with van der Waals surface area (Å²) in [6.07, 6.45) is 2.64. The zero-order valence-electron chi connectivity index (χ0n) is 15.6. The Bertz CT molecular complexity index is 852. The highest BCUT2D eigenvalue weighted by molar-refractivity contribution is 5.95. The second-order valence-electron chi connectivity index (χ2n) is 7.62. The molecule has 0 aliphatic carbocycles. The van der Waals surface area contributed by atoms with Crippen LogP contribution in [-0.2, 0) is 4.79 Å². The molecule has 0 saturated carbocycles. The maximum Gasteiger partial charge on any atom is 0.321 e. The number of urea groups is 1. The van der Waals surface area contributed by atoms with Gasteiger partial charge in [-0.2, -0.15) is 0 Å². The molecule has 2 aromatic rings. The first kappa shape index (κ1) is 17.6. The molecule has 27 heavy (non-hydrogen) atoms. The minimum atomic E-state index is -0.386. The molecule has 0 radical (unpaired) electrons. The first-order valence-corrected chi connectivity index (χ1v) is 9.55. The zero-order valence-corrected chi connectivity index (χ0v) is 15.6. The van der Waals surface area contributed by atoms with E-state index in [2.05, 4.69) is 5.32 Å². The number of hydrogen-bond acceptors (Lipinski definition) is 2. The number of carbonyl (C=O) groups excluding carboxylic acids is 2. The molecule has 2 aliphatic heterocycles. The van der Waals surface area contributed by atoms with E-state index < -0.39 is 0 Å². The normalized spacial score (nSPS) is 22.3. The molecule has 4 rings (SSSR count). The highest BCUT2D eigenvalue weighted by atomic mass is 16.2. The standard InChI is InChI=1S/C22H25N3O2/c1-24-14-7-12-22(20(24)26)13-15-25(16-22)21(27)23-19-11-6-5-10-18(19)17-8-3-2-4-9-17/h2-6,8-11H,7,12-16H2,1H3,(H,23,27)/t22-/m0/s1. The van der Waals surface area contributed by atoms with E-state index in [9.17, 15) is 9.59 Å². The van der Waals surface area contributed by atoms with E-state index in [1.165, 1.54) is 0 Å². The van der Waals surface area contributed by atoms with Crippen LogP contribution in [-0.4, -0.2) is 48.4 Å². The average molecular weight is 363 g/mol. The Morgan fingerprint density at radius 3 is 2.56 bits per heavy atom. The summed E-state index contributed by atoms with van der Waals surface area (Å²) in [5.74, 6) is 0.189. The van der Waals surface area contributed by atoms with Gasteiger partial charge in [0.1, 0.15) is 0 Å². The van der Waals surface area contributed by atoms with Crippen LogP contribution in [0.4, 0.5) is 10.5 Å². The van der Waals surface area contributed by atoms with E-state index >= 15 is 0 Å². The molecule has 1 spiro atoms. The van der Waals surface area contributed by atoms with E-state index in [-0.39, 0.29) is 17.4 Å². The lowest BCUT2D eigenvalue weighted by Crippen LogP contribution is -2.49. The second-order valence-corrected chi connectivity index (χ2v) is 7.62. The number of carbonyl (C=O) groups is 2. The molecule has 0 unspecified atom stereocenters. The average Bonchev–Trinajstić information content (AvgIpc) is 3.12. The number of amides is 3. The number of nitrogens with zero attached hydrogens (tertiary/aromatic N) is 2. The smallest absolute Gasteiger partial charge is 0.321 e. The lowest BCUT2D eigenvalue weighted by atomic mass is 9.78. The van der Waals surface area contributed by atoms with Crippen molar-refractivity contribution in [3.63, 3.8) is 0 Å². The van der Waals surface area contributed by atoms with Crippen LogP contribution in [0.15, 0.2) is 54.6 Å². The molecule has 0 aromatic heterocycles. The Hall–Kier alpha value is -2.82. The van der Waals surface area contributed by atoms with E-state index in [0.29, 0.717) is 13.1 Å². The van der Waals surface area contributed by atoms with Crippen LogP contribution in [0.1, 0.15) is 19.3 Å². The molecule has 2 saturated heterocycles. The largest absolute Gasteiger partial charge is 0.345 e. The lowest BCUT2D eigenvalue weighted by molar-refractivity contribution is -0.143. The van der Waals surface area contributed by atoms with E-state index in [0.717, 1.165) is 42.6 Å². The van der Waals surface area contributed by atoms with Crippen molar-refractivity contribution in [2.75, 3.05) is 32.0 Å². The highest BCUT2D eigenvalue weighted by Gasteiger charge is 2.48. The maximum atomic E-state index is 12.9. The number of piperidine rings is 1. The van der Waals surface area contributed by atoms with Gasteiger partial charge in [-0.05, 0) is 30.9 Å². The third-order valence-corrected chi connectivity index (χ3v) is 5.84. The molecule has 5 nitrogen and oxygen atoms in total. The van der Waals surface area contributed by atoms with Gasteiger partial charge in [-0.25, -0.2) is 4.79 Å². The zero-order chi connectivity index (χ0) is 18.9. The fourth-order valence-electron chi connectivity index (χ4n) is 4.35. The second kappa shape index (κ2) is 7.06. The molecular formula is C22H25N3O2. The van der Waals surface area contributed by atoms with Crippen molar-refractivity contribution >= 4 is 17.6 Å². The quantitative estimate of drug-likeness (QED) is 0.882. The van der Waals surface area contributed by atoms with Gasteiger partial charge in [0.15, 0.2) is 0 Å². The minimum absolute atomic E-state index is 0.128. The van der Waals surface area contributed by atoms with Crippen molar-refractivity contribution in [3.05, 3.63) is 54.6 Å². The van der Waals surface area contributed by atoms with Gasteiger partial charge in [-0.15, -0.1) is 0 Å². The number of likely N-dealkylation sites (tertiary alicyclic amines) is 2. The van der Waals surface area contributed by atoms with E-state index in [1.54, 1.807) is 4.90 Å². The van der Waals surface area contributed by atoms with Gasteiger partial charge in [-0.1, -0.05) is 48.5 Å². The summed E-state index contributed by atoms with van der Waals surface area (Å²) >= 11 is 0. The third kappa shape index (κ3) is 3.29. The van der Waals surface area contributed by atoms with E-state index in [4.69, 9.17) is 0 Å². The molecular weight excluding hydrogens is 338 g/mol. The van der Waals surface area contributed by atoms with Gasteiger partial charge in [0.25, 0.3) is 0 Å². The Morgan fingerprint density at radius 1 is 1.00 bits per heavy atom. The molecule has 2 heterocycles. The van der Waals surface area contributed by atoms with Crippen molar-refractivity contribution in [1.82, 2.24) is 9.80 Å². The molecule has 140 valence electrons. The number of para-hydroxylation sites is 1. The first-order valence-electron chi connectivity index (χ1n) is 9.55. The van der Waals surface area contributed by atoms with Crippen molar-refractivity contribution in [3.8, 4) is 11.1 Å². The van der Waals surface area contributed by atoms with Gasteiger partial charge in [-0.3, -0.25) is 4.79 Å². The summed E-state index contributed by atoms with van der Waals surface area (Å²) in [5.41, 5.74) is 2.47. The number of hydrogen-bond donors (Lipinski definition) is 1. The predicted molar refractivity (Wildman–Crippen MR) is 106 cm³/mol. The molecule has 1 atom stereocenters. The van der Waals surface area contributed by atoms with Crippen LogP contribution >= 0.6 is 0 Å². The van der Waals surface area contributed by atoms with Crippen LogP contribution < -0.4 is 5.32 Å². The SMILES string of the molecule is CN1CCC[C@@]2(CCN(C(=O)Nc3ccccc3-c3ccccc3)C2)C1=O. The van der Waals surface area contributed by atoms with Crippen molar-refractivity contribution in [2.45, 2.75) is 19.3 Å². The Kier molecular flexibility index (Phi) is 4.60. The van der Waals surface area contributed by atoms with Crippen LogP contribution in [0.25, 0.3) is 11.1 Å². The molecule has 2 aromatic carbocycles. The Morgan fingerprint density at radius 2 is 1.74 bits per heavy atom. The number of rotatable bonds is 2. The molecule has 2 fully saturated rings. The predicted octanol–water partition coefficient (Wildman–Crippen LogP) is 3.83. The minimum Gasteiger partial charge on any atom is -0.345 e. The van der Waals surface area contributed by atoms with Gasteiger partial charge >= 0.3 is 6.03 Å². The van der Waals surface area contributed by atoms with Crippen LogP contribution in [0.2, 0.25) is 0 Å². The monoisotopic (exact) mass is 363 g/mol. The molecule has 5 heteroatoms. The number of nitrogens with one attached hydrogen (secondary N) is 1. The summed E-state index contributed by atoms with van der Waals surface area (Å²) in [6.45, 7) is 1.95. The molecule has 0 bridgehead atoms. The lowest BCUT2D eigenvalue weighted by Gasteiger charge is -2.37. The third-order valence-electron chi connectivity index (χ3n) is 5.84. The van der Waals surface area contributed by atoms with Gasteiger partial charge in [0, 0.05) is 32.2 Å². The van der Waals surface area contributed by atoms with E-state index in [1.807, 2.05) is 66.5 Å². The number of benzene rings is 2. The highest BCUT2D eigenvalue weighted by Crippen LogP contribution is 2.40. The van der Waals surface area contributed by atoms with Crippen LogP contribution in [0.5, 0.6) is 0 Å². The summed E-state index contributed by atoms with van der Waals surface area (Å²) in [7, 11) is 1.86. The van der Waals surface area contributed by atoms with Crippen LogP contribution in [0.3, 0.4) is 0 Å². The van der Waals surface area contributed by atoms with Crippen molar-refractivity contribution in [1.29, 1.82) is 0 Å². The first-order chi connectivity index (χ1) is 13.1. The maximum absolute atomic E-state index is 12.9. The molecule has 2 aliphatic rings. The van der Waals surface area contributed by atoms with Crippen molar-refractivity contribution < 1.29 is 9.59 Å². The fraction of sp³-hybridized carbons (Fsp3) is 0.364. The summed E-state index contributed by atoms with van der Waals surface area (Å²) in [6, 6.07) is 17.7. The Labute approximate surface area is 160 Å². The molecule has 1 N–H and O–H groups in total. The Balaban J connectivity index is 1.51. The van der Waals surface area contributed by atoms with Crippen LogP contribution in [0, 0.1) is 5.41 Å². The van der Waals surface area contributed by atoms with Gasteiger partial charge in [0.05, 0.1) is 11.1 Å². The summed E-state index contributed by atoms with van der Waals surface area (Å²) in [4.78, 5) is 29.2.